The van der Waals surface area contributed by atoms with Gasteiger partial charge in [0.2, 0.25) is 0 Å². The first-order valence-corrected chi connectivity index (χ1v) is 6.44. The highest BCUT2D eigenvalue weighted by Crippen LogP contribution is 2.22. The van der Waals surface area contributed by atoms with Crippen molar-refractivity contribution in [2.24, 2.45) is 5.92 Å². The highest BCUT2D eigenvalue weighted by atomic mass is 79.9. The van der Waals surface area contributed by atoms with Crippen molar-refractivity contribution in [2.75, 3.05) is 20.3 Å². The SMILES string of the molecule is COCC(C)CNCc1ccc(Br)c(Cl)c1. The van der Waals surface area contributed by atoms with E-state index in [9.17, 15) is 0 Å². The van der Waals surface area contributed by atoms with E-state index in [4.69, 9.17) is 16.3 Å². The summed E-state index contributed by atoms with van der Waals surface area (Å²) in [6.07, 6.45) is 0. The van der Waals surface area contributed by atoms with E-state index in [1.54, 1.807) is 7.11 Å². The van der Waals surface area contributed by atoms with Crippen molar-refractivity contribution in [3.05, 3.63) is 33.3 Å². The summed E-state index contributed by atoms with van der Waals surface area (Å²) in [5, 5.41) is 4.13. The number of methoxy groups -OCH3 is 1. The number of hydrogen-bond donors (Lipinski definition) is 1. The molecule has 1 atom stereocenters. The molecule has 4 heteroatoms. The summed E-state index contributed by atoms with van der Waals surface area (Å²) in [6, 6.07) is 6.00. The monoisotopic (exact) mass is 305 g/mol. The van der Waals surface area contributed by atoms with Crippen LogP contribution in [-0.4, -0.2) is 20.3 Å². The molecule has 1 aromatic rings. The molecule has 0 radical (unpaired) electrons. The first-order valence-electron chi connectivity index (χ1n) is 5.27. The van der Waals surface area contributed by atoms with E-state index in [0.717, 1.165) is 29.2 Å². The lowest BCUT2D eigenvalue weighted by molar-refractivity contribution is 0.158. The lowest BCUT2D eigenvalue weighted by Crippen LogP contribution is -2.23. The van der Waals surface area contributed by atoms with E-state index < -0.39 is 0 Å². The zero-order chi connectivity index (χ0) is 12.0. The van der Waals surface area contributed by atoms with Crippen LogP contribution in [0.25, 0.3) is 0 Å². The van der Waals surface area contributed by atoms with Crippen molar-refractivity contribution in [3.8, 4) is 0 Å². The van der Waals surface area contributed by atoms with E-state index in [2.05, 4.69) is 34.2 Å². The molecule has 0 spiro atoms. The van der Waals surface area contributed by atoms with Gasteiger partial charge in [0.15, 0.2) is 0 Å². The smallest absolute Gasteiger partial charge is 0.0551 e. The summed E-state index contributed by atoms with van der Waals surface area (Å²) in [6.45, 7) is 4.72. The number of benzene rings is 1. The lowest BCUT2D eigenvalue weighted by atomic mass is 10.2. The van der Waals surface area contributed by atoms with Crippen LogP contribution in [0.2, 0.25) is 5.02 Å². The Hall–Kier alpha value is -0.0900. The third-order valence-corrected chi connectivity index (χ3v) is 3.49. The van der Waals surface area contributed by atoms with Crippen LogP contribution < -0.4 is 5.32 Å². The van der Waals surface area contributed by atoms with E-state index in [1.807, 2.05) is 12.1 Å². The third kappa shape index (κ3) is 4.83. The van der Waals surface area contributed by atoms with Crippen molar-refractivity contribution in [1.82, 2.24) is 5.32 Å². The Balaban J connectivity index is 2.34. The van der Waals surface area contributed by atoms with Crippen LogP contribution in [-0.2, 0) is 11.3 Å². The number of halogens is 2. The number of nitrogens with one attached hydrogen (secondary N) is 1. The van der Waals surface area contributed by atoms with Gasteiger partial charge in [-0.25, -0.2) is 0 Å². The first kappa shape index (κ1) is 14.0. The largest absolute Gasteiger partial charge is 0.384 e. The fourth-order valence-electron chi connectivity index (χ4n) is 1.46. The second-order valence-electron chi connectivity index (χ2n) is 3.94. The van der Waals surface area contributed by atoms with Gasteiger partial charge in [-0.1, -0.05) is 24.6 Å². The maximum atomic E-state index is 6.01. The average molecular weight is 307 g/mol. The molecular formula is C12H17BrClNO. The molecule has 1 N–H and O–H groups in total. The molecule has 0 aliphatic heterocycles. The fourth-order valence-corrected chi connectivity index (χ4v) is 1.91. The minimum absolute atomic E-state index is 0.524. The Morgan fingerprint density at radius 3 is 2.88 bits per heavy atom. The molecule has 0 fully saturated rings. The van der Waals surface area contributed by atoms with E-state index in [-0.39, 0.29) is 0 Å². The van der Waals surface area contributed by atoms with Gasteiger partial charge < -0.3 is 10.1 Å². The minimum Gasteiger partial charge on any atom is -0.384 e. The maximum absolute atomic E-state index is 6.01. The van der Waals surface area contributed by atoms with Crippen molar-refractivity contribution in [3.63, 3.8) is 0 Å². The minimum atomic E-state index is 0.524. The molecule has 16 heavy (non-hydrogen) atoms. The fraction of sp³-hybridized carbons (Fsp3) is 0.500. The van der Waals surface area contributed by atoms with Gasteiger partial charge >= 0.3 is 0 Å². The van der Waals surface area contributed by atoms with Gasteiger partial charge in [0, 0.05) is 31.3 Å². The standard InChI is InChI=1S/C12H17BrClNO/c1-9(8-16-2)6-15-7-10-3-4-11(13)12(14)5-10/h3-5,9,15H,6-8H2,1-2H3. The Morgan fingerprint density at radius 2 is 2.25 bits per heavy atom. The van der Waals surface area contributed by atoms with Crippen molar-refractivity contribution >= 4 is 27.5 Å². The van der Waals surface area contributed by atoms with Crippen LogP contribution in [0.5, 0.6) is 0 Å². The predicted octanol–water partition coefficient (Wildman–Crippen LogP) is 3.47. The second-order valence-corrected chi connectivity index (χ2v) is 5.20. The maximum Gasteiger partial charge on any atom is 0.0551 e. The first-order chi connectivity index (χ1) is 7.63. The van der Waals surface area contributed by atoms with Gasteiger partial charge in [-0.3, -0.25) is 0 Å². The zero-order valence-corrected chi connectivity index (χ0v) is 11.9. The zero-order valence-electron chi connectivity index (χ0n) is 9.59. The van der Waals surface area contributed by atoms with Gasteiger partial charge in [-0.05, 0) is 39.5 Å². The second kappa shape index (κ2) is 7.28. The molecule has 1 rings (SSSR count). The molecule has 1 aromatic carbocycles. The normalized spacial score (nSPS) is 12.8. The molecule has 0 saturated heterocycles. The Kier molecular flexibility index (Phi) is 6.36. The van der Waals surface area contributed by atoms with Crippen LogP contribution >= 0.6 is 27.5 Å². The third-order valence-electron chi connectivity index (χ3n) is 2.26. The van der Waals surface area contributed by atoms with Crippen molar-refractivity contribution in [2.45, 2.75) is 13.5 Å². The summed E-state index contributed by atoms with van der Waals surface area (Å²) in [5.41, 5.74) is 1.19. The van der Waals surface area contributed by atoms with E-state index in [0.29, 0.717) is 5.92 Å². The topological polar surface area (TPSA) is 21.3 Å². The van der Waals surface area contributed by atoms with Gasteiger partial charge in [0.25, 0.3) is 0 Å². The summed E-state index contributed by atoms with van der Waals surface area (Å²) >= 11 is 9.38. The molecule has 0 bridgehead atoms. The molecule has 0 heterocycles. The van der Waals surface area contributed by atoms with E-state index in [1.165, 1.54) is 5.56 Å². The number of ether oxygens (including phenoxy) is 1. The van der Waals surface area contributed by atoms with Crippen molar-refractivity contribution in [1.29, 1.82) is 0 Å². The molecule has 90 valence electrons. The molecule has 0 aliphatic carbocycles. The number of hydrogen-bond acceptors (Lipinski definition) is 2. The molecule has 0 saturated carbocycles. The van der Waals surface area contributed by atoms with Gasteiger partial charge in [-0.15, -0.1) is 0 Å². The van der Waals surface area contributed by atoms with E-state index >= 15 is 0 Å². The van der Waals surface area contributed by atoms with Crippen LogP contribution in [0.3, 0.4) is 0 Å². The molecule has 0 aromatic heterocycles. The Bertz CT molecular complexity index is 333. The summed E-state index contributed by atoms with van der Waals surface area (Å²) in [4.78, 5) is 0. The predicted molar refractivity (Wildman–Crippen MR) is 71.9 cm³/mol. The quantitative estimate of drug-likeness (QED) is 0.869. The molecular weight excluding hydrogens is 289 g/mol. The molecule has 2 nitrogen and oxygen atoms in total. The lowest BCUT2D eigenvalue weighted by Gasteiger charge is -2.11. The number of rotatable bonds is 6. The Labute approximate surface area is 110 Å². The van der Waals surface area contributed by atoms with Crippen LogP contribution in [0.1, 0.15) is 12.5 Å². The van der Waals surface area contributed by atoms with Gasteiger partial charge in [0.05, 0.1) is 5.02 Å². The molecule has 0 aliphatic rings. The average Bonchev–Trinajstić information content (AvgIpc) is 2.24. The summed E-state index contributed by atoms with van der Waals surface area (Å²) in [5.74, 6) is 0.524. The van der Waals surface area contributed by atoms with Gasteiger partial charge in [-0.2, -0.15) is 0 Å². The summed E-state index contributed by atoms with van der Waals surface area (Å²) in [7, 11) is 1.73. The molecule has 1 unspecified atom stereocenters. The Morgan fingerprint density at radius 1 is 1.50 bits per heavy atom. The summed E-state index contributed by atoms with van der Waals surface area (Å²) < 4.78 is 6.01. The highest BCUT2D eigenvalue weighted by molar-refractivity contribution is 9.10. The van der Waals surface area contributed by atoms with Crippen LogP contribution in [0.15, 0.2) is 22.7 Å². The van der Waals surface area contributed by atoms with Crippen LogP contribution in [0.4, 0.5) is 0 Å². The highest BCUT2D eigenvalue weighted by Gasteiger charge is 2.02. The van der Waals surface area contributed by atoms with Crippen molar-refractivity contribution < 1.29 is 4.74 Å². The van der Waals surface area contributed by atoms with Crippen LogP contribution in [0, 0.1) is 5.92 Å². The van der Waals surface area contributed by atoms with Gasteiger partial charge in [0.1, 0.15) is 0 Å². The molecule has 0 amide bonds.